The first-order valence-corrected chi connectivity index (χ1v) is 14.9. The van der Waals surface area contributed by atoms with E-state index in [1.54, 1.807) is 38.1 Å². The molecule has 1 saturated heterocycles. The maximum Gasteiger partial charge on any atom is 0.251 e. The highest BCUT2D eigenvalue weighted by Gasteiger charge is 2.44. The van der Waals surface area contributed by atoms with Gasteiger partial charge in [-0.2, -0.15) is 5.10 Å². The van der Waals surface area contributed by atoms with Crippen LogP contribution in [0, 0.1) is 23.2 Å². The molecule has 0 saturated carbocycles. The van der Waals surface area contributed by atoms with Crippen molar-refractivity contribution in [2.75, 3.05) is 23.8 Å². The normalized spacial score (nSPS) is 21.0. The number of rotatable bonds is 10. The van der Waals surface area contributed by atoms with E-state index in [2.05, 4.69) is 42.6 Å². The molecule has 2 amide bonds. The molecule has 0 radical (unpaired) electrons. The number of nitrogens with one attached hydrogen (secondary N) is 2. The van der Waals surface area contributed by atoms with E-state index in [-0.39, 0.29) is 23.6 Å². The molecular weight excluding hydrogens is 572 g/mol. The molecule has 1 aliphatic rings. The van der Waals surface area contributed by atoms with Crippen LogP contribution in [0.3, 0.4) is 0 Å². The number of amides is 2. The second-order valence-corrected chi connectivity index (χ2v) is 11.6. The number of hydrogen-bond donors (Lipinski definition) is 5. The monoisotopic (exact) mass is 608 g/mol. The van der Waals surface area contributed by atoms with E-state index < -0.39 is 30.0 Å². The van der Waals surface area contributed by atoms with Crippen molar-refractivity contribution in [3.8, 4) is 11.8 Å². The zero-order chi connectivity index (χ0) is 31.1. The Hall–Kier alpha value is -4.03. The fourth-order valence-electron chi connectivity index (χ4n) is 4.24. The molecule has 1 aromatic carbocycles. The van der Waals surface area contributed by atoms with E-state index in [1.807, 2.05) is 13.8 Å². The van der Waals surface area contributed by atoms with Crippen LogP contribution in [0.4, 0.5) is 5.82 Å². The number of thioether (sulfide) groups is 1. The first-order chi connectivity index (χ1) is 20.5. The lowest BCUT2D eigenvalue weighted by atomic mass is 9.79. The summed E-state index contributed by atoms with van der Waals surface area (Å²) in [6, 6.07) is 6.89. The zero-order valence-electron chi connectivity index (χ0n) is 24.4. The van der Waals surface area contributed by atoms with Crippen molar-refractivity contribution < 1.29 is 24.5 Å². The number of fused-ring (bicyclic) bond motifs is 1. The number of nitrogens with zero attached hydrogens (tertiary/aromatic N) is 5. The van der Waals surface area contributed by atoms with E-state index in [4.69, 9.17) is 10.5 Å². The molecule has 3 aromatic rings. The summed E-state index contributed by atoms with van der Waals surface area (Å²) in [6.07, 6.45) is 0.471. The Bertz CT molecular complexity index is 1530. The molecule has 228 valence electrons. The van der Waals surface area contributed by atoms with Crippen molar-refractivity contribution in [2.24, 2.45) is 16.4 Å². The van der Waals surface area contributed by atoms with Gasteiger partial charge in [0.15, 0.2) is 17.7 Å². The summed E-state index contributed by atoms with van der Waals surface area (Å²) in [5.74, 6) is 6.57. The minimum atomic E-state index is -1.18. The number of aliphatic hydroxyl groups excluding tert-OH is 2. The van der Waals surface area contributed by atoms with Gasteiger partial charge in [-0.25, -0.2) is 20.4 Å². The van der Waals surface area contributed by atoms with Crippen molar-refractivity contribution in [3.05, 3.63) is 48.0 Å². The average Bonchev–Trinajstić information content (AvgIpc) is 3.54. The van der Waals surface area contributed by atoms with Crippen molar-refractivity contribution >= 4 is 46.8 Å². The number of carbonyl (C=O) groups excluding carboxylic acids is 2. The first kappa shape index (κ1) is 31.9. The Balaban J connectivity index is 1.24. The Kier molecular flexibility index (Phi) is 10.4. The van der Waals surface area contributed by atoms with Gasteiger partial charge in [0.25, 0.3) is 5.91 Å². The smallest absolute Gasteiger partial charge is 0.251 e. The summed E-state index contributed by atoms with van der Waals surface area (Å²) in [4.78, 5) is 37.0. The van der Waals surface area contributed by atoms with Gasteiger partial charge in [-0.05, 0) is 38.5 Å². The Morgan fingerprint density at radius 2 is 1.98 bits per heavy atom. The fraction of sp³-hybridized carbons (Fsp3) is 0.448. The van der Waals surface area contributed by atoms with Gasteiger partial charge in [-0.15, -0.1) is 11.8 Å². The largest absolute Gasteiger partial charge is 0.387 e. The number of ether oxygens (including phenoxy) is 1. The highest BCUT2D eigenvalue weighted by Crippen LogP contribution is 2.33. The summed E-state index contributed by atoms with van der Waals surface area (Å²) in [6.45, 7) is 7.88. The number of nitrogen functional groups attached to an aromatic ring is 1. The molecule has 13 nitrogen and oxygen atoms in total. The van der Waals surface area contributed by atoms with Crippen LogP contribution in [-0.2, 0) is 9.53 Å². The van der Waals surface area contributed by atoms with Crippen LogP contribution >= 0.6 is 11.8 Å². The molecular formula is C29H36N8O5S. The lowest BCUT2D eigenvalue weighted by molar-refractivity contribution is -0.130. The van der Waals surface area contributed by atoms with Crippen molar-refractivity contribution in [3.63, 3.8) is 0 Å². The second kappa shape index (κ2) is 14.0. The molecule has 5 unspecified atom stereocenters. The predicted octanol–water partition coefficient (Wildman–Crippen LogP) is 1.33. The standard InChI is InChI=1S/C29H36N8O5S/c1-5-31-26(40)19-10-8-18(9-11-19)13-35-36-28(41)29(3,4)17(2)7-6-12-43-14-20-22(38)23(39)27(42-20)37-16-34-21-24(30)32-15-33-25(21)37/h8-11,13,15-17,20,22-23,27,38-39H,5,12,14H2,1-4H3,(H,31,40)(H,36,41)(H2,30,32,33)/b35-13+. The lowest BCUT2D eigenvalue weighted by Gasteiger charge is -2.25. The number of hydrazone groups is 1. The summed E-state index contributed by atoms with van der Waals surface area (Å²) in [7, 11) is 0. The van der Waals surface area contributed by atoms with Crippen molar-refractivity contribution in [2.45, 2.75) is 52.2 Å². The molecule has 0 spiro atoms. The molecule has 0 aliphatic carbocycles. The number of carbonyl (C=O) groups is 2. The molecule has 6 N–H and O–H groups in total. The van der Waals surface area contributed by atoms with Crippen LogP contribution in [-0.4, -0.2) is 84.1 Å². The van der Waals surface area contributed by atoms with Gasteiger partial charge in [-0.1, -0.05) is 30.9 Å². The van der Waals surface area contributed by atoms with E-state index >= 15 is 0 Å². The van der Waals surface area contributed by atoms with E-state index in [0.29, 0.717) is 34.8 Å². The number of aliphatic hydroxyl groups is 2. The predicted molar refractivity (Wildman–Crippen MR) is 164 cm³/mol. The third-order valence-corrected chi connectivity index (χ3v) is 8.24. The van der Waals surface area contributed by atoms with Gasteiger partial charge >= 0.3 is 0 Å². The first-order valence-electron chi connectivity index (χ1n) is 13.8. The van der Waals surface area contributed by atoms with Crippen LogP contribution < -0.4 is 16.5 Å². The van der Waals surface area contributed by atoms with E-state index in [1.165, 1.54) is 35.2 Å². The average molecular weight is 609 g/mol. The van der Waals surface area contributed by atoms with Crippen molar-refractivity contribution in [1.82, 2.24) is 30.3 Å². The summed E-state index contributed by atoms with van der Waals surface area (Å²) >= 11 is 1.45. The van der Waals surface area contributed by atoms with Crippen LogP contribution in [0.2, 0.25) is 0 Å². The molecule has 3 heterocycles. The van der Waals surface area contributed by atoms with E-state index in [0.717, 1.165) is 5.56 Å². The van der Waals surface area contributed by atoms with Gasteiger partial charge in [-0.3, -0.25) is 14.2 Å². The minimum absolute atomic E-state index is 0.145. The molecule has 14 heteroatoms. The Morgan fingerprint density at radius 1 is 1.23 bits per heavy atom. The van der Waals surface area contributed by atoms with E-state index in [9.17, 15) is 19.8 Å². The second-order valence-electron chi connectivity index (χ2n) is 10.6. The third-order valence-electron chi connectivity index (χ3n) is 7.33. The Labute approximate surface area is 253 Å². The topological polar surface area (TPSA) is 190 Å². The van der Waals surface area contributed by atoms with Gasteiger partial charge < -0.3 is 26.0 Å². The summed E-state index contributed by atoms with van der Waals surface area (Å²) in [5, 5.41) is 28.0. The summed E-state index contributed by atoms with van der Waals surface area (Å²) in [5.41, 5.74) is 9.68. The van der Waals surface area contributed by atoms with Crippen molar-refractivity contribution in [1.29, 1.82) is 0 Å². The van der Waals surface area contributed by atoms with Gasteiger partial charge in [0.05, 0.1) is 29.8 Å². The quantitative estimate of drug-likeness (QED) is 0.0971. The molecule has 43 heavy (non-hydrogen) atoms. The molecule has 0 bridgehead atoms. The number of anilines is 1. The number of imidazole rings is 1. The van der Waals surface area contributed by atoms with Crippen LogP contribution in [0.25, 0.3) is 11.2 Å². The molecule has 5 atom stereocenters. The van der Waals surface area contributed by atoms with Crippen LogP contribution in [0.5, 0.6) is 0 Å². The molecule has 4 rings (SSSR count). The number of benzene rings is 1. The van der Waals surface area contributed by atoms with Crippen LogP contribution in [0.15, 0.2) is 42.0 Å². The Morgan fingerprint density at radius 3 is 2.70 bits per heavy atom. The maximum absolute atomic E-state index is 12.8. The number of hydrogen-bond acceptors (Lipinski definition) is 11. The van der Waals surface area contributed by atoms with Crippen LogP contribution in [0.1, 0.15) is 49.8 Å². The van der Waals surface area contributed by atoms with Gasteiger partial charge in [0, 0.05) is 23.8 Å². The SMILES string of the molecule is CCNC(=O)c1ccc(/C=N/NC(=O)C(C)(C)C(C)C#CCSCC2OC(n3cnc4c(N)ncnc43)C(O)C2O)cc1. The minimum Gasteiger partial charge on any atom is -0.387 e. The molecule has 1 aliphatic heterocycles. The van der Waals surface area contributed by atoms with Gasteiger partial charge in [0.2, 0.25) is 5.91 Å². The number of nitrogens with two attached hydrogens (primary N) is 1. The number of aromatic nitrogens is 4. The highest BCUT2D eigenvalue weighted by atomic mass is 32.2. The summed E-state index contributed by atoms with van der Waals surface area (Å²) < 4.78 is 7.49. The zero-order valence-corrected chi connectivity index (χ0v) is 25.2. The van der Waals surface area contributed by atoms with Gasteiger partial charge in [0.1, 0.15) is 24.1 Å². The lowest BCUT2D eigenvalue weighted by Crippen LogP contribution is -2.38. The molecule has 1 fully saturated rings. The highest BCUT2D eigenvalue weighted by molar-refractivity contribution is 7.99. The maximum atomic E-state index is 12.8. The molecule has 2 aromatic heterocycles. The third kappa shape index (κ3) is 7.31. The fourth-order valence-corrected chi connectivity index (χ4v) is 5.05.